The van der Waals surface area contributed by atoms with Gasteiger partial charge in [-0.1, -0.05) is 15.9 Å². The summed E-state index contributed by atoms with van der Waals surface area (Å²) in [4.78, 5) is 11.4. The molecule has 1 N–H and O–H groups in total. The molecule has 0 unspecified atom stereocenters. The molecule has 1 aliphatic heterocycles. The van der Waals surface area contributed by atoms with Crippen LogP contribution >= 0.6 is 15.9 Å². The quantitative estimate of drug-likeness (QED) is 0.650. The first-order chi connectivity index (χ1) is 6.81. The largest absolute Gasteiger partial charge is 0.490 e. The Bertz CT molecular complexity index is 365. The fourth-order valence-electron chi connectivity index (χ4n) is 1.39. The van der Waals surface area contributed by atoms with Crippen molar-refractivity contribution in [1.29, 1.82) is 0 Å². The van der Waals surface area contributed by atoms with E-state index in [0.29, 0.717) is 17.5 Å². The summed E-state index contributed by atoms with van der Waals surface area (Å²) in [5.41, 5.74) is 1.61. The molecule has 0 aromatic heterocycles. The van der Waals surface area contributed by atoms with Crippen LogP contribution in [0, 0.1) is 0 Å². The summed E-state index contributed by atoms with van der Waals surface area (Å²) in [6.07, 6.45) is 0. The fourth-order valence-corrected chi connectivity index (χ4v) is 1.72. The van der Waals surface area contributed by atoms with Crippen molar-refractivity contribution >= 4 is 27.4 Å². The van der Waals surface area contributed by atoms with E-state index in [-0.39, 0.29) is 5.78 Å². The first-order valence-corrected chi connectivity index (χ1v) is 5.53. The molecule has 1 aliphatic rings. The standard InChI is InChI=1S/C10H10BrNO2/c11-6-9(13)7-1-2-10-8(5-7)12-3-4-14-10/h1-2,5,12H,3-4,6H2. The predicted octanol–water partition coefficient (Wildman–Crippen LogP) is 2.07. The van der Waals surface area contributed by atoms with E-state index in [9.17, 15) is 4.79 Å². The molecule has 1 aromatic rings. The maximum atomic E-state index is 11.4. The van der Waals surface area contributed by atoms with Crippen molar-refractivity contribution in [3.8, 4) is 5.75 Å². The van der Waals surface area contributed by atoms with E-state index in [0.717, 1.165) is 18.0 Å². The van der Waals surface area contributed by atoms with Gasteiger partial charge in [-0.05, 0) is 18.2 Å². The Kier molecular flexibility index (Phi) is 2.72. The molecule has 0 atom stereocenters. The average molecular weight is 256 g/mol. The highest BCUT2D eigenvalue weighted by molar-refractivity contribution is 9.09. The topological polar surface area (TPSA) is 38.3 Å². The zero-order valence-corrected chi connectivity index (χ0v) is 9.13. The molecule has 1 heterocycles. The predicted molar refractivity (Wildman–Crippen MR) is 58.6 cm³/mol. The number of ketones is 1. The van der Waals surface area contributed by atoms with E-state index in [2.05, 4.69) is 21.2 Å². The van der Waals surface area contributed by atoms with Gasteiger partial charge in [0.05, 0.1) is 11.0 Å². The number of nitrogens with one attached hydrogen (secondary N) is 1. The van der Waals surface area contributed by atoms with E-state index < -0.39 is 0 Å². The second-order valence-electron chi connectivity index (χ2n) is 3.04. The van der Waals surface area contributed by atoms with Crippen molar-refractivity contribution in [1.82, 2.24) is 0 Å². The molecule has 2 rings (SSSR count). The highest BCUT2D eigenvalue weighted by Crippen LogP contribution is 2.28. The number of carbonyl (C=O) groups is 1. The highest BCUT2D eigenvalue weighted by Gasteiger charge is 2.12. The normalized spacial score (nSPS) is 13.8. The SMILES string of the molecule is O=C(CBr)c1ccc2c(c1)NCCO2. The van der Waals surface area contributed by atoms with Gasteiger partial charge in [0.25, 0.3) is 0 Å². The van der Waals surface area contributed by atoms with Crippen LogP contribution in [0.1, 0.15) is 10.4 Å². The number of fused-ring (bicyclic) bond motifs is 1. The van der Waals surface area contributed by atoms with Crippen molar-refractivity contribution in [3.63, 3.8) is 0 Å². The number of ether oxygens (including phenoxy) is 1. The third kappa shape index (κ3) is 1.75. The summed E-state index contributed by atoms with van der Waals surface area (Å²) in [7, 11) is 0. The van der Waals surface area contributed by atoms with Crippen molar-refractivity contribution in [3.05, 3.63) is 23.8 Å². The van der Waals surface area contributed by atoms with Gasteiger partial charge in [-0.3, -0.25) is 4.79 Å². The Balaban J connectivity index is 2.33. The molecule has 14 heavy (non-hydrogen) atoms. The molecule has 4 heteroatoms. The van der Waals surface area contributed by atoms with Crippen LogP contribution in [0.15, 0.2) is 18.2 Å². The van der Waals surface area contributed by atoms with Crippen LogP contribution < -0.4 is 10.1 Å². The lowest BCUT2D eigenvalue weighted by Crippen LogP contribution is -2.18. The number of carbonyl (C=O) groups excluding carboxylic acids is 1. The van der Waals surface area contributed by atoms with Crippen LogP contribution in [0.2, 0.25) is 0 Å². The average Bonchev–Trinajstić information content (AvgIpc) is 2.27. The molecule has 3 nitrogen and oxygen atoms in total. The Morgan fingerprint density at radius 1 is 1.57 bits per heavy atom. The van der Waals surface area contributed by atoms with Gasteiger partial charge >= 0.3 is 0 Å². The summed E-state index contributed by atoms with van der Waals surface area (Å²) in [6, 6.07) is 5.45. The third-order valence-electron chi connectivity index (χ3n) is 2.10. The van der Waals surface area contributed by atoms with Crippen molar-refractivity contribution in [2.24, 2.45) is 0 Å². The number of hydrogen-bond donors (Lipinski definition) is 1. The first kappa shape index (κ1) is 9.52. The van der Waals surface area contributed by atoms with Crippen molar-refractivity contribution < 1.29 is 9.53 Å². The van der Waals surface area contributed by atoms with Crippen LogP contribution in [-0.2, 0) is 0 Å². The minimum atomic E-state index is 0.0835. The molecule has 0 bridgehead atoms. The minimum Gasteiger partial charge on any atom is -0.490 e. The lowest BCUT2D eigenvalue weighted by atomic mass is 10.1. The number of halogens is 1. The second kappa shape index (κ2) is 4.00. The summed E-state index contributed by atoms with van der Waals surface area (Å²) in [5, 5.41) is 3.54. The molecular formula is C10H10BrNO2. The minimum absolute atomic E-state index is 0.0835. The molecule has 0 radical (unpaired) electrons. The summed E-state index contributed by atoms with van der Waals surface area (Å²) in [6.45, 7) is 1.47. The smallest absolute Gasteiger partial charge is 0.173 e. The zero-order valence-electron chi connectivity index (χ0n) is 7.55. The second-order valence-corrected chi connectivity index (χ2v) is 3.60. The Morgan fingerprint density at radius 2 is 2.43 bits per heavy atom. The Labute approximate surface area is 90.6 Å². The van der Waals surface area contributed by atoms with Crippen LogP contribution in [0.5, 0.6) is 5.75 Å². The van der Waals surface area contributed by atoms with Gasteiger partial charge in [0.15, 0.2) is 5.78 Å². The lowest BCUT2D eigenvalue weighted by molar-refractivity contribution is 0.102. The fraction of sp³-hybridized carbons (Fsp3) is 0.300. The van der Waals surface area contributed by atoms with Crippen molar-refractivity contribution in [2.45, 2.75) is 0 Å². The van der Waals surface area contributed by atoms with Crippen LogP contribution in [0.25, 0.3) is 0 Å². The van der Waals surface area contributed by atoms with Gasteiger partial charge in [0, 0.05) is 12.1 Å². The summed E-state index contributed by atoms with van der Waals surface area (Å²) >= 11 is 3.15. The molecule has 74 valence electrons. The summed E-state index contributed by atoms with van der Waals surface area (Å²) < 4.78 is 5.41. The van der Waals surface area contributed by atoms with Crippen LogP contribution in [0.3, 0.4) is 0 Å². The molecule has 0 aliphatic carbocycles. The molecule has 0 spiro atoms. The van der Waals surface area contributed by atoms with E-state index in [1.165, 1.54) is 0 Å². The molecular weight excluding hydrogens is 246 g/mol. The molecule has 0 fully saturated rings. The number of alkyl halides is 1. The van der Waals surface area contributed by atoms with Crippen LogP contribution in [0.4, 0.5) is 5.69 Å². The van der Waals surface area contributed by atoms with Gasteiger partial charge in [0.1, 0.15) is 12.4 Å². The monoisotopic (exact) mass is 255 g/mol. The van der Waals surface area contributed by atoms with Gasteiger partial charge in [-0.15, -0.1) is 0 Å². The Hall–Kier alpha value is -1.03. The molecule has 1 aromatic carbocycles. The van der Waals surface area contributed by atoms with Crippen LogP contribution in [-0.4, -0.2) is 24.3 Å². The third-order valence-corrected chi connectivity index (χ3v) is 2.61. The number of anilines is 1. The van der Waals surface area contributed by atoms with E-state index in [1.807, 2.05) is 12.1 Å². The van der Waals surface area contributed by atoms with Crippen molar-refractivity contribution in [2.75, 3.05) is 23.8 Å². The first-order valence-electron chi connectivity index (χ1n) is 4.41. The Morgan fingerprint density at radius 3 is 3.21 bits per heavy atom. The summed E-state index contributed by atoms with van der Waals surface area (Å²) in [5.74, 6) is 0.905. The van der Waals surface area contributed by atoms with Gasteiger partial charge in [0.2, 0.25) is 0 Å². The van der Waals surface area contributed by atoms with Gasteiger partial charge < -0.3 is 10.1 Å². The lowest BCUT2D eigenvalue weighted by Gasteiger charge is -2.19. The number of rotatable bonds is 2. The zero-order chi connectivity index (χ0) is 9.97. The number of Topliss-reactive ketones (excluding diaryl/α,β-unsaturated/α-hetero) is 1. The maximum absolute atomic E-state index is 11.4. The van der Waals surface area contributed by atoms with Gasteiger partial charge in [-0.2, -0.15) is 0 Å². The maximum Gasteiger partial charge on any atom is 0.173 e. The number of hydrogen-bond acceptors (Lipinski definition) is 3. The number of benzene rings is 1. The van der Waals surface area contributed by atoms with E-state index in [1.54, 1.807) is 6.07 Å². The molecule has 0 saturated heterocycles. The molecule has 0 saturated carbocycles. The van der Waals surface area contributed by atoms with Gasteiger partial charge in [-0.25, -0.2) is 0 Å². The molecule has 0 amide bonds. The van der Waals surface area contributed by atoms with E-state index in [4.69, 9.17) is 4.74 Å². The van der Waals surface area contributed by atoms with E-state index >= 15 is 0 Å². The highest BCUT2D eigenvalue weighted by atomic mass is 79.9.